The van der Waals surface area contributed by atoms with Crippen LogP contribution in [0.15, 0.2) is 28.7 Å². The molecule has 98 valence electrons. The van der Waals surface area contributed by atoms with Crippen molar-refractivity contribution in [1.29, 1.82) is 0 Å². The largest absolute Gasteiger partial charge is 0.468 e. The lowest BCUT2D eigenvalue weighted by Crippen LogP contribution is -2.40. The Labute approximate surface area is 116 Å². The fourth-order valence-electron chi connectivity index (χ4n) is 2.14. The quantitative estimate of drug-likeness (QED) is 0.849. The molecule has 0 aromatic heterocycles. The predicted octanol–water partition coefficient (Wildman–Crippen LogP) is 3.05. The van der Waals surface area contributed by atoms with E-state index in [0.29, 0.717) is 5.92 Å². The van der Waals surface area contributed by atoms with Crippen molar-refractivity contribution >= 4 is 21.9 Å². The van der Waals surface area contributed by atoms with Crippen LogP contribution in [0.3, 0.4) is 0 Å². The Morgan fingerprint density at radius 2 is 2.11 bits per heavy atom. The Morgan fingerprint density at radius 3 is 2.67 bits per heavy atom. The van der Waals surface area contributed by atoms with Gasteiger partial charge in [0.1, 0.15) is 6.04 Å². The van der Waals surface area contributed by atoms with Gasteiger partial charge >= 0.3 is 5.97 Å². The van der Waals surface area contributed by atoms with Gasteiger partial charge in [0.2, 0.25) is 0 Å². The summed E-state index contributed by atoms with van der Waals surface area (Å²) in [5.74, 6) is 0.277. The highest BCUT2D eigenvalue weighted by molar-refractivity contribution is 9.10. The number of rotatable bonds is 5. The number of hydrogen-bond donors (Lipinski definition) is 1. The van der Waals surface area contributed by atoms with Crippen molar-refractivity contribution < 1.29 is 9.53 Å². The molecule has 0 spiro atoms. The maximum Gasteiger partial charge on any atom is 0.323 e. The Morgan fingerprint density at radius 1 is 1.44 bits per heavy atom. The monoisotopic (exact) mass is 311 g/mol. The molecule has 2 atom stereocenters. The van der Waals surface area contributed by atoms with E-state index in [1.54, 1.807) is 0 Å². The summed E-state index contributed by atoms with van der Waals surface area (Å²) < 4.78 is 5.93. The third-order valence-corrected chi connectivity index (χ3v) is 4.07. The SMILES string of the molecule is COC(=O)C(N[C@@H](C)c1ccccc1Br)C1CC1. The molecule has 0 heterocycles. The topological polar surface area (TPSA) is 38.3 Å². The lowest BCUT2D eigenvalue weighted by Gasteiger charge is -2.22. The van der Waals surface area contributed by atoms with Gasteiger partial charge in [-0.15, -0.1) is 0 Å². The number of hydrogen-bond acceptors (Lipinski definition) is 3. The summed E-state index contributed by atoms with van der Waals surface area (Å²) in [6.07, 6.45) is 2.21. The molecule has 0 aliphatic heterocycles. The van der Waals surface area contributed by atoms with Crippen molar-refractivity contribution in [2.24, 2.45) is 5.92 Å². The second kappa shape index (κ2) is 5.85. The second-order valence-corrected chi connectivity index (χ2v) is 5.60. The third-order valence-electron chi connectivity index (χ3n) is 3.35. The van der Waals surface area contributed by atoms with Gasteiger partial charge in [0.25, 0.3) is 0 Å². The maximum atomic E-state index is 11.7. The van der Waals surface area contributed by atoms with Gasteiger partial charge < -0.3 is 4.74 Å². The Balaban J connectivity index is 2.07. The van der Waals surface area contributed by atoms with Gasteiger partial charge in [0.15, 0.2) is 0 Å². The highest BCUT2D eigenvalue weighted by atomic mass is 79.9. The molecule has 1 aliphatic rings. The molecule has 2 rings (SSSR count). The molecule has 1 aromatic carbocycles. The Kier molecular flexibility index (Phi) is 4.40. The lowest BCUT2D eigenvalue weighted by atomic mass is 10.1. The van der Waals surface area contributed by atoms with E-state index in [0.717, 1.165) is 22.9 Å². The van der Waals surface area contributed by atoms with Crippen molar-refractivity contribution in [2.75, 3.05) is 7.11 Å². The minimum Gasteiger partial charge on any atom is -0.468 e. The van der Waals surface area contributed by atoms with Crippen LogP contribution in [0.1, 0.15) is 31.4 Å². The van der Waals surface area contributed by atoms with Crippen LogP contribution in [0.4, 0.5) is 0 Å². The Hall–Kier alpha value is -0.870. The molecule has 0 bridgehead atoms. The zero-order chi connectivity index (χ0) is 13.1. The summed E-state index contributed by atoms with van der Waals surface area (Å²) >= 11 is 3.54. The first kappa shape index (κ1) is 13.6. The van der Waals surface area contributed by atoms with E-state index in [-0.39, 0.29) is 18.1 Å². The smallest absolute Gasteiger partial charge is 0.323 e. The van der Waals surface area contributed by atoms with Crippen LogP contribution in [-0.2, 0) is 9.53 Å². The zero-order valence-corrected chi connectivity index (χ0v) is 12.2. The average molecular weight is 312 g/mol. The molecule has 0 amide bonds. The molecule has 0 radical (unpaired) electrons. The van der Waals surface area contributed by atoms with E-state index < -0.39 is 0 Å². The first-order valence-corrected chi connectivity index (χ1v) is 7.01. The first-order chi connectivity index (χ1) is 8.63. The van der Waals surface area contributed by atoms with Gasteiger partial charge in [-0.1, -0.05) is 34.1 Å². The van der Waals surface area contributed by atoms with Crippen LogP contribution in [0.25, 0.3) is 0 Å². The third kappa shape index (κ3) is 3.12. The molecular weight excluding hydrogens is 294 g/mol. The van der Waals surface area contributed by atoms with E-state index in [4.69, 9.17) is 4.74 Å². The van der Waals surface area contributed by atoms with Crippen LogP contribution in [0.5, 0.6) is 0 Å². The number of nitrogens with one attached hydrogen (secondary N) is 1. The van der Waals surface area contributed by atoms with Gasteiger partial charge in [-0.2, -0.15) is 0 Å². The molecule has 1 fully saturated rings. The molecule has 3 nitrogen and oxygen atoms in total. The Bertz CT molecular complexity index is 432. The van der Waals surface area contributed by atoms with Crippen molar-refractivity contribution in [3.05, 3.63) is 34.3 Å². The normalized spacial score (nSPS) is 18.2. The molecule has 4 heteroatoms. The molecule has 18 heavy (non-hydrogen) atoms. The van der Waals surface area contributed by atoms with Gasteiger partial charge in [-0.05, 0) is 37.3 Å². The maximum absolute atomic E-state index is 11.7. The number of halogens is 1. The second-order valence-electron chi connectivity index (χ2n) is 4.75. The molecule has 0 saturated heterocycles. The minimum absolute atomic E-state index is 0.116. The van der Waals surface area contributed by atoms with Gasteiger partial charge in [0, 0.05) is 10.5 Å². The standard InChI is InChI=1S/C14H18BrNO2/c1-9(11-5-3-4-6-12(11)15)16-13(10-7-8-10)14(17)18-2/h3-6,9-10,13,16H,7-8H2,1-2H3/t9-,13?/m0/s1. The fraction of sp³-hybridized carbons (Fsp3) is 0.500. The van der Waals surface area contributed by atoms with Crippen molar-refractivity contribution in [3.8, 4) is 0 Å². The molecule has 1 aliphatic carbocycles. The zero-order valence-electron chi connectivity index (χ0n) is 10.7. The molecule has 1 unspecified atom stereocenters. The number of carbonyl (C=O) groups is 1. The van der Waals surface area contributed by atoms with Gasteiger partial charge in [-0.25, -0.2) is 0 Å². The van der Waals surface area contributed by atoms with Crippen LogP contribution < -0.4 is 5.32 Å². The number of carbonyl (C=O) groups excluding carboxylic acids is 1. The van der Waals surface area contributed by atoms with Gasteiger partial charge in [-0.3, -0.25) is 10.1 Å². The predicted molar refractivity (Wildman–Crippen MR) is 74.2 cm³/mol. The summed E-state index contributed by atoms with van der Waals surface area (Å²) in [7, 11) is 1.45. The van der Waals surface area contributed by atoms with E-state index in [1.165, 1.54) is 7.11 Å². The molecular formula is C14H18BrNO2. The number of esters is 1. The van der Waals surface area contributed by atoms with Crippen LogP contribution >= 0.6 is 15.9 Å². The summed E-state index contributed by atoms with van der Waals surface area (Å²) in [6, 6.07) is 7.99. The fourth-order valence-corrected chi connectivity index (χ4v) is 2.77. The molecule has 1 N–H and O–H groups in total. The van der Waals surface area contributed by atoms with E-state index in [2.05, 4.69) is 34.2 Å². The van der Waals surface area contributed by atoms with Crippen LogP contribution in [-0.4, -0.2) is 19.1 Å². The molecule has 1 aromatic rings. The summed E-state index contributed by atoms with van der Waals surface area (Å²) in [5, 5.41) is 3.38. The van der Waals surface area contributed by atoms with Crippen molar-refractivity contribution in [3.63, 3.8) is 0 Å². The van der Waals surface area contributed by atoms with E-state index in [9.17, 15) is 4.79 Å². The van der Waals surface area contributed by atoms with Crippen molar-refractivity contribution in [1.82, 2.24) is 5.32 Å². The summed E-state index contributed by atoms with van der Waals surface area (Å²) in [5.41, 5.74) is 1.16. The minimum atomic E-state index is -0.183. The lowest BCUT2D eigenvalue weighted by molar-refractivity contribution is -0.144. The van der Waals surface area contributed by atoms with Crippen molar-refractivity contribution in [2.45, 2.75) is 31.8 Å². The first-order valence-electron chi connectivity index (χ1n) is 6.21. The van der Waals surface area contributed by atoms with E-state index >= 15 is 0 Å². The van der Waals surface area contributed by atoms with E-state index in [1.807, 2.05) is 18.2 Å². The number of ether oxygens (including phenoxy) is 1. The average Bonchev–Trinajstić information content (AvgIpc) is 3.19. The van der Waals surface area contributed by atoms with Gasteiger partial charge in [0.05, 0.1) is 7.11 Å². The molecule has 1 saturated carbocycles. The summed E-state index contributed by atoms with van der Waals surface area (Å²) in [4.78, 5) is 11.7. The van der Waals surface area contributed by atoms with Crippen LogP contribution in [0.2, 0.25) is 0 Å². The summed E-state index contributed by atoms with van der Waals surface area (Å²) in [6.45, 7) is 2.07. The number of benzene rings is 1. The highest BCUT2D eigenvalue weighted by Crippen LogP contribution is 2.34. The highest BCUT2D eigenvalue weighted by Gasteiger charge is 2.37. The number of methoxy groups -OCH3 is 1. The van der Waals surface area contributed by atoms with Crippen LogP contribution in [0, 0.1) is 5.92 Å².